The van der Waals surface area contributed by atoms with Crippen LogP contribution in [0.3, 0.4) is 0 Å². The molecular weight excluding hydrogens is 203 g/mol. The summed E-state index contributed by atoms with van der Waals surface area (Å²) in [7, 11) is 0. The fraction of sp³-hybridized carbons (Fsp3) is 0. The number of hydrogen-bond donors (Lipinski definition) is 0. The minimum absolute atomic E-state index is 0.252. The second-order valence-electron chi connectivity index (χ2n) is 3.66. The van der Waals surface area contributed by atoms with Gasteiger partial charge in [0.2, 0.25) is 0 Å². The van der Waals surface area contributed by atoms with Crippen LogP contribution in [-0.2, 0) is 0 Å². The minimum Gasteiger partial charge on any atom is -0.456 e. The Balaban J connectivity index is 2.19. The van der Waals surface area contributed by atoms with Crippen molar-refractivity contribution in [2.45, 2.75) is 0 Å². The lowest BCUT2D eigenvalue weighted by Gasteiger charge is -1.95. The predicted octanol–water partition coefficient (Wildman–Crippen LogP) is 4.24. The Morgan fingerprint density at radius 3 is 2.56 bits per heavy atom. The molecule has 2 heteroatoms. The van der Waals surface area contributed by atoms with E-state index in [9.17, 15) is 4.39 Å². The molecule has 0 aliphatic carbocycles. The third-order valence-corrected chi connectivity index (χ3v) is 2.53. The third kappa shape index (κ3) is 1.48. The van der Waals surface area contributed by atoms with Crippen LogP contribution in [0.1, 0.15) is 0 Å². The zero-order valence-corrected chi connectivity index (χ0v) is 8.48. The Kier molecular flexibility index (Phi) is 2.00. The van der Waals surface area contributed by atoms with Gasteiger partial charge in [0.1, 0.15) is 17.2 Å². The highest BCUT2D eigenvalue weighted by Crippen LogP contribution is 2.27. The average Bonchev–Trinajstić information content (AvgIpc) is 2.72. The van der Waals surface area contributed by atoms with E-state index in [2.05, 4.69) is 0 Å². The number of rotatable bonds is 1. The van der Waals surface area contributed by atoms with Crippen molar-refractivity contribution in [3.05, 3.63) is 60.4 Å². The van der Waals surface area contributed by atoms with Crippen LogP contribution in [0, 0.1) is 5.82 Å². The number of benzene rings is 2. The number of fused-ring (bicyclic) bond motifs is 1. The van der Waals surface area contributed by atoms with Crippen molar-refractivity contribution in [3.8, 4) is 11.3 Å². The van der Waals surface area contributed by atoms with E-state index in [4.69, 9.17) is 4.42 Å². The highest BCUT2D eigenvalue weighted by atomic mass is 19.1. The zero-order valence-electron chi connectivity index (χ0n) is 8.48. The first-order chi connectivity index (χ1) is 7.83. The number of hydrogen-bond acceptors (Lipinski definition) is 1. The lowest BCUT2D eigenvalue weighted by Crippen LogP contribution is -1.75. The summed E-state index contributed by atoms with van der Waals surface area (Å²) >= 11 is 0. The molecule has 78 valence electrons. The molecule has 0 spiro atoms. The molecule has 0 aliphatic heterocycles. The molecule has 0 atom stereocenters. The standard InChI is InChI=1S/C14H9FO/c15-12-6-3-5-10(8-12)14-9-11-4-1-2-7-13(11)16-14/h1-9H. The van der Waals surface area contributed by atoms with E-state index in [0.29, 0.717) is 5.76 Å². The normalized spacial score (nSPS) is 10.8. The second-order valence-corrected chi connectivity index (χ2v) is 3.66. The lowest BCUT2D eigenvalue weighted by atomic mass is 10.1. The summed E-state index contributed by atoms with van der Waals surface area (Å²) in [6.07, 6.45) is 0. The van der Waals surface area contributed by atoms with Gasteiger partial charge >= 0.3 is 0 Å². The van der Waals surface area contributed by atoms with E-state index in [1.165, 1.54) is 12.1 Å². The van der Waals surface area contributed by atoms with Gasteiger partial charge in [0, 0.05) is 10.9 Å². The molecule has 0 amide bonds. The van der Waals surface area contributed by atoms with Gasteiger partial charge in [0.15, 0.2) is 0 Å². The van der Waals surface area contributed by atoms with Gasteiger partial charge in [-0.3, -0.25) is 0 Å². The van der Waals surface area contributed by atoms with Gasteiger partial charge in [-0.1, -0.05) is 30.3 Å². The van der Waals surface area contributed by atoms with E-state index >= 15 is 0 Å². The van der Waals surface area contributed by atoms with Crippen molar-refractivity contribution >= 4 is 11.0 Å². The highest BCUT2D eigenvalue weighted by Gasteiger charge is 2.05. The Morgan fingerprint density at radius 2 is 1.75 bits per heavy atom. The second kappa shape index (κ2) is 3.49. The molecular formula is C14H9FO. The maximum Gasteiger partial charge on any atom is 0.135 e. The largest absolute Gasteiger partial charge is 0.456 e. The smallest absolute Gasteiger partial charge is 0.135 e. The SMILES string of the molecule is Fc1cccc(-c2cc3ccccc3o2)c1. The molecule has 1 aromatic heterocycles. The Labute approximate surface area is 92.1 Å². The molecule has 0 unspecified atom stereocenters. The first kappa shape index (κ1) is 9.16. The molecule has 16 heavy (non-hydrogen) atoms. The molecule has 3 aromatic rings. The average molecular weight is 212 g/mol. The summed E-state index contributed by atoms with van der Waals surface area (Å²) in [5.41, 5.74) is 1.58. The molecule has 1 nitrogen and oxygen atoms in total. The van der Waals surface area contributed by atoms with Crippen molar-refractivity contribution in [2.75, 3.05) is 0 Å². The van der Waals surface area contributed by atoms with Crippen molar-refractivity contribution in [2.24, 2.45) is 0 Å². The molecule has 2 aromatic carbocycles. The van der Waals surface area contributed by atoms with Crippen molar-refractivity contribution in [1.82, 2.24) is 0 Å². The van der Waals surface area contributed by atoms with Crippen LogP contribution in [0.4, 0.5) is 4.39 Å². The predicted molar refractivity (Wildman–Crippen MR) is 61.6 cm³/mol. The number of para-hydroxylation sites is 1. The summed E-state index contributed by atoms with van der Waals surface area (Å²) in [6, 6.07) is 16.1. The molecule has 0 N–H and O–H groups in total. The van der Waals surface area contributed by atoms with Gasteiger partial charge in [-0.15, -0.1) is 0 Å². The summed E-state index contributed by atoms with van der Waals surface area (Å²) in [5.74, 6) is 0.443. The Bertz CT molecular complexity index is 607. The number of halogens is 1. The molecule has 3 rings (SSSR count). The van der Waals surface area contributed by atoms with E-state index in [1.54, 1.807) is 6.07 Å². The maximum atomic E-state index is 13.1. The highest BCUT2D eigenvalue weighted by molar-refractivity contribution is 5.82. The summed E-state index contributed by atoms with van der Waals surface area (Å²) in [5, 5.41) is 1.03. The van der Waals surface area contributed by atoms with Crippen molar-refractivity contribution in [3.63, 3.8) is 0 Å². The van der Waals surface area contributed by atoms with Crippen molar-refractivity contribution in [1.29, 1.82) is 0 Å². The van der Waals surface area contributed by atoms with Gasteiger partial charge in [-0.2, -0.15) is 0 Å². The van der Waals surface area contributed by atoms with E-state index in [1.807, 2.05) is 36.4 Å². The van der Waals surface area contributed by atoms with Crippen LogP contribution in [-0.4, -0.2) is 0 Å². The minimum atomic E-state index is -0.252. The Morgan fingerprint density at radius 1 is 0.875 bits per heavy atom. The first-order valence-corrected chi connectivity index (χ1v) is 5.07. The lowest BCUT2D eigenvalue weighted by molar-refractivity contribution is 0.618. The molecule has 0 saturated carbocycles. The fourth-order valence-corrected chi connectivity index (χ4v) is 1.77. The molecule has 1 heterocycles. The van der Waals surface area contributed by atoms with E-state index in [-0.39, 0.29) is 5.82 Å². The summed E-state index contributed by atoms with van der Waals surface area (Å²) in [4.78, 5) is 0. The molecule has 0 aliphatic rings. The van der Waals surface area contributed by atoms with Crippen LogP contribution in [0.5, 0.6) is 0 Å². The summed E-state index contributed by atoms with van der Waals surface area (Å²) < 4.78 is 18.7. The van der Waals surface area contributed by atoms with Crippen LogP contribution < -0.4 is 0 Å². The van der Waals surface area contributed by atoms with E-state index < -0.39 is 0 Å². The Hall–Kier alpha value is -2.09. The molecule has 0 bridgehead atoms. The first-order valence-electron chi connectivity index (χ1n) is 5.07. The van der Waals surface area contributed by atoms with Crippen LogP contribution in [0.15, 0.2) is 59.0 Å². The zero-order chi connectivity index (χ0) is 11.0. The third-order valence-electron chi connectivity index (χ3n) is 2.53. The van der Waals surface area contributed by atoms with Gasteiger partial charge in [0.25, 0.3) is 0 Å². The van der Waals surface area contributed by atoms with E-state index in [0.717, 1.165) is 16.5 Å². The number of furan rings is 1. The van der Waals surface area contributed by atoms with Gasteiger partial charge in [0.05, 0.1) is 0 Å². The quantitative estimate of drug-likeness (QED) is 0.588. The van der Waals surface area contributed by atoms with Crippen LogP contribution >= 0.6 is 0 Å². The van der Waals surface area contributed by atoms with Gasteiger partial charge in [-0.25, -0.2) is 4.39 Å². The summed E-state index contributed by atoms with van der Waals surface area (Å²) in [6.45, 7) is 0. The molecule has 0 saturated heterocycles. The monoisotopic (exact) mass is 212 g/mol. The molecule has 0 radical (unpaired) electrons. The van der Waals surface area contributed by atoms with Gasteiger partial charge < -0.3 is 4.42 Å². The maximum absolute atomic E-state index is 13.1. The topological polar surface area (TPSA) is 13.1 Å². The fourth-order valence-electron chi connectivity index (χ4n) is 1.77. The van der Waals surface area contributed by atoms with Crippen molar-refractivity contribution < 1.29 is 8.81 Å². The molecule has 0 fully saturated rings. The van der Waals surface area contributed by atoms with Crippen LogP contribution in [0.25, 0.3) is 22.3 Å². The van der Waals surface area contributed by atoms with Gasteiger partial charge in [-0.05, 0) is 24.3 Å². The van der Waals surface area contributed by atoms with Crippen LogP contribution in [0.2, 0.25) is 0 Å².